The molecule has 1 saturated carbocycles. The SMILES string of the molecule is CNC1CCCC1Cc1cc(F)ccc1C. The highest BCUT2D eigenvalue weighted by molar-refractivity contribution is 5.27. The predicted octanol–water partition coefficient (Wildman–Crippen LogP) is 3.06. The second-order valence-corrected chi connectivity index (χ2v) is 4.86. The van der Waals surface area contributed by atoms with E-state index in [1.54, 1.807) is 12.1 Å². The Kier molecular flexibility index (Phi) is 3.59. The summed E-state index contributed by atoms with van der Waals surface area (Å²) >= 11 is 0. The van der Waals surface area contributed by atoms with E-state index in [1.165, 1.54) is 30.4 Å². The summed E-state index contributed by atoms with van der Waals surface area (Å²) in [6.45, 7) is 2.07. The molecule has 0 aliphatic heterocycles. The van der Waals surface area contributed by atoms with Crippen LogP contribution in [0.5, 0.6) is 0 Å². The molecule has 0 spiro atoms. The van der Waals surface area contributed by atoms with Gasteiger partial charge in [-0.3, -0.25) is 0 Å². The lowest BCUT2D eigenvalue weighted by molar-refractivity contribution is 0.422. The van der Waals surface area contributed by atoms with E-state index in [2.05, 4.69) is 12.2 Å². The highest BCUT2D eigenvalue weighted by Crippen LogP contribution is 2.29. The number of hydrogen-bond donors (Lipinski definition) is 1. The zero-order valence-corrected chi connectivity index (χ0v) is 10.1. The van der Waals surface area contributed by atoms with Crippen molar-refractivity contribution in [2.45, 2.75) is 38.6 Å². The van der Waals surface area contributed by atoms with Gasteiger partial charge in [-0.15, -0.1) is 0 Å². The number of benzene rings is 1. The van der Waals surface area contributed by atoms with Crippen LogP contribution in [0.25, 0.3) is 0 Å². The molecule has 1 aromatic rings. The van der Waals surface area contributed by atoms with Gasteiger partial charge in [0.25, 0.3) is 0 Å². The van der Waals surface area contributed by atoms with E-state index in [4.69, 9.17) is 0 Å². The van der Waals surface area contributed by atoms with Crippen LogP contribution in [0.1, 0.15) is 30.4 Å². The van der Waals surface area contributed by atoms with Gasteiger partial charge in [0.15, 0.2) is 0 Å². The van der Waals surface area contributed by atoms with Gasteiger partial charge in [-0.05, 0) is 62.4 Å². The van der Waals surface area contributed by atoms with Crippen LogP contribution >= 0.6 is 0 Å². The summed E-state index contributed by atoms with van der Waals surface area (Å²) in [6, 6.07) is 5.74. The third-order valence-electron chi connectivity index (χ3n) is 3.82. The molecule has 1 aliphatic carbocycles. The second-order valence-electron chi connectivity index (χ2n) is 4.86. The minimum absolute atomic E-state index is 0.111. The fourth-order valence-corrected chi connectivity index (χ4v) is 2.80. The van der Waals surface area contributed by atoms with Gasteiger partial charge in [-0.2, -0.15) is 0 Å². The van der Waals surface area contributed by atoms with Crippen LogP contribution < -0.4 is 5.32 Å². The monoisotopic (exact) mass is 221 g/mol. The van der Waals surface area contributed by atoms with E-state index in [0.717, 1.165) is 6.42 Å². The summed E-state index contributed by atoms with van der Waals surface area (Å²) in [5, 5.41) is 3.37. The van der Waals surface area contributed by atoms with Crippen LogP contribution in [-0.4, -0.2) is 13.1 Å². The maximum atomic E-state index is 13.2. The molecule has 2 rings (SSSR count). The maximum absolute atomic E-state index is 13.2. The van der Waals surface area contributed by atoms with Crippen molar-refractivity contribution in [3.05, 3.63) is 35.1 Å². The standard InChI is InChI=1S/C14H20FN/c1-10-6-7-13(15)9-12(10)8-11-4-3-5-14(11)16-2/h6-7,9,11,14,16H,3-5,8H2,1-2H3. The first-order chi connectivity index (χ1) is 7.70. The van der Waals surface area contributed by atoms with Crippen LogP contribution in [0.3, 0.4) is 0 Å². The van der Waals surface area contributed by atoms with Gasteiger partial charge in [0, 0.05) is 6.04 Å². The van der Waals surface area contributed by atoms with Crippen LogP contribution in [0, 0.1) is 18.7 Å². The third-order valence-corrected chi connectivity index (χ3v) is 3.82. The molecule has 0 radical (unpaired) electrons. The maximum Gasteiger partial charge on any atom is 0.123 e. The highest BCUT2D eigenvalue weighted by Gasteiger charge is 2.26. The lowest BCUT2D eigenvalue weighted by Crippen LogP contribution is -2.30. The Hall–Kier alpha value is -0.890. The van der Waals surface area contributed by atoms with Crippen LogP contribution in [0.15, 0.2) is 18.2 Å². The van der Waals surface area contributed by atoms with Crippen molar-refractivity contribution in [3.63, 3.8) is 0 Å². The van der Waals surface area contributed by atoms with E-state index in [-0.39, 0.29) is 5.82 Å². The van der Waals surface area contributed by atoms with Gasteiger partial charge in [-0.1, -0.05) is 12.5 Å². The van der Waals surface area contributed by atoms with Crippen molar-refractivity contribution in [1.29, 1.82) is 0 Å². The highest BCUT2D eigenvalue weighted by atomic mass is 19.1. The lowest BCUT2D eigenvalue weighted by atomic mass is 9.92. The topological polar surface area (TPSA) is 12.0 Å². The van der Waals surface area contributed by atoms with Gasteiger partial charge in [0.1, 0.15) is 5.82 Å². The fraction of sp³-hybridized carbons (Fsp3) is 0.571. The summed E-state index contributed by atoms with van der Waals surface area (Å²) in [4.78, 5) is 0. The Morgan fingerprint density at radius 1 is 1.38 bits per heavy atom. The number of rotatable bonds is 3. The molecule has 0 aromatic heterocycles. The molecule has 2 unspecified atom stereocenters. The average Bonchev–Trinajstić information content (AvgIpc) is 2.71. The molecule has 0 saturated heterocycles. The first kappa shape index (κ1) is 11.6. The molecule has 88 valence electrons. The van der Waals surface area contributed by atoms with E-state index in [9.17, 15) is 4.39 Å². The van der Waals surface area contributed by atoms with Crippen molar-refractivity contribution >= 4 is 0 Å². The minimum Gasteiger partial charge on any atom is -0.317 e. The molecule has 0 amide bonds. The van der Waals surface area contributed by atoms with Gasteiger partial charge in [-0.25, -0.2) is 4.39 Å². The van der Waals surface area contributed by atoms with E-state index < -0.39 is 0 Å². The van der Waals surface area contributed by atoms with Crippen LogP contribution in [-0.2, 0) is 6.42 Å². The Morgan fingerprint density at radius 3 is 2.94 bits per heavy atom. The first-order valence-corrected chi connectivity index (χ1v) is 6.13. The fourth-order valence-electron chi connectivity index (χ4n) is 2.80. The molecule has 1 N–H and O–H groups in total. The summed E-state index contributed by atoms with van der Waals surface area (Å²) in [5.41, 5.74) is 2.38. The van der Waals surface area contributed by atoms with E-state index in [1.807, 2.05) is 13.1 Å². The molecule has 2 atom stereocenters. The molecule has 0 heterocycles. The molecular formula is C14H20FN. The Morgan fingerprint density at radius 2 is 2.19 bits per heavy atom. The zero-order valence-electron chi connectivity index (χ0n) is 10.1. The minimum atomic E-state index is -0.111. The zero-order chi connectivity index (χ0) is 11.5. The van der Waals surface area contributed by atoms with Gasteiger partial charge < -0.3 is 5.32 Å². The molecule has 1 nitrogen and oxygen atoms in total. The van der Waals surface area contributed by atoms with Crippen molar-refractivity contribution in [2.75, 3.05) is 7.05 Å². The van der Waals surface area contributed by atoms with Crippen LogP contribution in [0.2, 0.25) is 0 Å². The number of hydrogen-bond acceptors (Lipinski definition) is 1. The van der Waals surface area contributed by atoms with E-state index >= 15 is 0 Å². The van der Waals surface area contributed by atoms with Gasteiger partial charge in [0.2, 0.25) is 0 Å². The van der Waals surface area contributed by atoms with Crippen molar-refractivity contribution in [1.82, 2.24) is 5.32 Å². The Bertz CT molecular complexity index is 362. The molecule has 1 aliphatic rings. The normalized spacial score (nSPS) is 24.9. The number of halogens is 1. The lowest BCUT2D eigenvalue weighted by Gasteiger charge is -2.19. The summed E-state index contributed by atoms with van der Waals surface area (Å²) < 4.78 is 13.2. The predicted molar refractivity (Wildman–Crippen MR) is 65.0 cm³/mol. The Labute approximate surface area is 97.1 Å². The molecule has 16 heavy (non-hydrogen) atoms. The molecule has 0 bridgehead atoms. The molecule has 2 heteroatoms. The third kappa shape index (κ3) is 2.43. The van der Waals surface area contributed by atoms with E-state index in [0.29, 0.717) is 12.0 Å². The van der Waals surface area contributed by atoms with Crippen molar-refractivity contribution in [3.8, 4) is 0 Å². The molecule has 1 fully saturated rings. The quantitative estimate of drug-likeness (QED) is 0.827. The largest absolute Gasteiger partial charge is 0.317 e. The summed E-state index contributed by atoms with van der Waals surface area (Å²) in [5.74, 6) is 0.560. The van der Waals surface area contributed by atoms with Crippen LogP contribution in [0.4, 0.5) is 4.39 Å². The second kappa shape index (κ2) is 4.96. The molecule has 1 aromatic carbocycles. The van der Waals surface area contributed by atoms with Gasteiger partial charge >= 0.3 is 0 Å². The van der Waals surface area contributed by atoms with Crippen molar-refractivity contribution < 1.29 is 4.39 Å². The van der Waals surface area contributed by atoms with Gasteiger partial charge in [0.05, 0.1) is 0 Å². The van der Waals surface area contributed by atoms with Crippen molar-refractivity contribution in [2.24, 2.45) is 5.92 Å². The smallest absolute Gasteiger partial charge is 0.123 e. The molecular weight excluding hydrogens is 201 g/mol. The Balaban J connectivity index is 2.11. The summed E-state index contributed by atoms with van der Waals surface area (Å²) in [7, 11) is 2.03. The number of aryl methyl sites for hydroxylation is 1. The first-order valence-electron chi connectivity index (χ1n) is 6.13. The summed E-state index contributed by atoms with van der Waals surface area (Å²) in [6.07, 6.45) is 4.83. The number of nitrogens with one attached hydrogen (secondary N) is 1. The average molecular weight is 221 g/mol.